The van der Waals surface area contributed by atoms with E-state index in [0.717, 1.165) is 42.6 Å². The van der Waals surface area contributed by atoms with Crippen LogP contribution in [0, 0.1) is 5.41 Å². The molecular formula is C19H23ClN2O3. The second-order valence-corrected chi connectivity index (χ2v) is 7.47. The van der Waals surface area contributed by atoms with Gasteiger partial charge in [0.15, 0.2) is 0 Å². The molecule has 6 heteroatoms. The quantitative estimate of drug-likeness (QED) is 0.819. The zero-order valence-electron chi connectivity index (χ0n) is 14.2. The van der Waals surface area contributed by atoms with Crippen molar-refractivity contribution in [1.29, 1.82) is 0 Å². The molecule has 2 aliphatic rings. The molecule has 1 spiro atoms. The molecule has 0 aromatic heterocycles. The topological polar surface area (TPSA) is 66.5 Å². The van der Waals surface area contributed by atoms with Gasteiger partial charge >= 0.3 is 0 Å². The number of benzene rings is 1. The van der Waals surface area contributed by atoms with Crippen LogP contribution in [0.5, 0.6) is 0 Å². The molecule has 1 saturated carbocycles. The monoisotopic (exact) mass is 362 g/mol. The van der Waals surface area contributed by atoms with Crippen LogP contribution in [0.15, 0.2) is 24.3 Å². The molecule has 1 aliphatic carbocycles. The Morgan fingerprint density at radius 3 is 2.68 bits per heavy atom. The van der Waals surface area contributed by atoms with Gasteiger partial charge in [0.2, 0.25) is 17.7 Å². The molecule has 3 amide bonds. The van der Waals surface area contributed by atoms with Crippen LogP contribution in [0.4, 0.5) is 0 Å². The SMILES string of the molecule is O=C(CN1C(=O)CC2(CCCCC2)C1=O)NCCc1cccc(Cl)c1. The van der Waals surface area contributed by atoms with Crippen LogP contribution < -0.4 is 5.32 Å². The van der Waals surface area contributed by atoms with E-state index in [1.165, 1.54) is 0 Å². The molecule has 1 N–H and O–H groups in total. The summed E-state index contributed by atoms with van der Waals surface area (Å²) in [5, 5.41) is 3.44. The first-order valence-corrected chi connectivity index (χ1v) is 9.24. The molecule has 25 heavy (non-hydrogen) atoms. The Morgan fingerprint density at radius 1 is 1.20 bits per heavy atom. The summed E-state index contributed by atoms with van der Waals surface area (Å²) in [5.41, 5.74) is 0.499. The van der Waals surface area contributed by atoms with E-state index in [-0.39, 0.29) is 30.7 Å². The van der Waals surface area contributed by atoms with Crippen LogP contribution in [-0.4, -0.2) is 35.7 Å². The van der Waals surface area contributed by atoms with Crippen molar-refractivity contribution in [3.63, 3.8) is 0 Å². The summed E-state index contributed by atoms with van der Waals surface area (Å²) in [7, 11) is 0. The minimum atomic E-state index is -0.531. The molecule has 1 aliphatic heterocycles. The number of nitrogens with one attached hydrogen (secondary N) is 1. The fourth-order valence-electron chi connectivity index (χ4n) is 3.88. The van der Waals surface area contributed by atoms with Crippen molar-refractivity contribution < 1.29 is 14.4 Å². The lowest BCUT2D eigenvalue weighted by Crippen LogP contribution is -2.43. The molecule has 1 heterocycles. The van der Waals surface area contributed by atoms with Gasteiger partial charge in [0.05, 0.1) is 5.41 Å². The van der Waals surface area contributed by atoms with Crippen molar-refractivity contribution in [2.45, 2.75) is 44.9 Å². The summed E-state index contributed by atoms with van der Waals surface area (Å²) >= 11 is 5.93. The number of carbonyl (C=O) groups excluding carboxylic acids is 3. The Balaban J connectivity index is 1.50. The smallest absolute Gasteiger partial charge is 0.240 e. The van der Waals surface area contributed by atoms with E-state index >= 15 is 0 Å². The van der Waals surface area contributed by atoms with E-state index in [1.807, 2.05) is 18.2 Å². The van der Waals surface area contributed by atoms with Crippen molar-refractivity contribution in [2.75, 3.05) is 13.1 Å². The molecule has 134 valence electrons. The average molecular weight is 363 g/mol. The fourth-order valence-corrected chi connectivity index (χ4v) is 4.09. The van der Waals surface area contributed by atoms with Crippen LogP contribution in [0.2, 0.25) is 5.02 Å². The Labute approximate surface area is 152 Å². The summed E-state index contributed by atoms with van der Waals surface area (Å²) in [6.45, 7) is 0.273. The van der Waals surface area contributed by atoms with Gasteiger partial charge in [-0.05, 0) is 37.0 Å². The number of likely N-dealkylation sites (tertiary alicyclic amines) is 1. The Morgan fingerprint density at radius 2 is 1.96 bits per heavy atom. The number of imide groups is 1. The van der Waals surface area contributed by atoms with Gasteiger partial charge < -0.3 is 5.32 Å². The van der Waals surface area contributed by atoms with Crippen LogP contribution in [-0.2, 0) is 20.8 Å². The minimum Gasteiger partial charge on any atom is -0.354 e. The Hall–Kier alpha value is -1.88. The highest BCUT2D eigenvalue weighted by atomic mass is 35.5. The Bertz CT molecular complexity index is 683. The number of hydrogen-bond donors (Lipinski definition) is 1. The largest absolute Gasteiger partial charge is 0.354 e. The van der Waals surface area contributed by atoms with Gasteiger partial charge in [-0.25, -0.2) is 0 Å². The summed E-state index contributed by atoms with van der Waals surface area (Å²) in [5.74, 6) is -0.657. The lowest BCUT2D eigenvalue weighted by Gasteiger charge is -2.30. The van der Waals surface area contributed by atoms with E-state index in [1.54, 1.807) is 6.07 Å². The highest BCUT2D eigenvalue weighted by molar-refractivity contribution is 6.30. The molecule has 0 radical (unpaired) electrons. The third-order valence-electron chi connectivity index (χ3n) is 5.23. The van der Waals surface area contributed by atoms with E-state index in [0.29, 0.717) is 18.0 Å². The summed E-state index contributed by atoms with van der Waals surface area (Å²) in [6.07, 6.45) is 5.54. The van der Waals surface area contributed by atoms with Gasteiger partial charge in [-0.2, -0.15) is 0 Å². The third kappa shape index (κ3) is 4.03. The van der Waals surface area contributed by atoms with Crippen LogP contribution in [0.3, 0.4) is 0 Å². The van der Waals surface area contributed by atoms with Crippen LogP contribution >= 0.6 is 11.6 Å². The van der Waals surface area contributed by atoms with Crippen molar-refractivity contribution in [3.8, 4) is 0 Å². The first-order chi connectivity index (χ1) is 12.0. The van der Waals surface area contributed by atoms with Gasteiger partial charge in [-0.1, -0.05) is 43.0 Å². The summed E-state index contributed by atoms with van der Waals surface area (Å²) in [6, 6.07) is 7.46. The van der Waals surface area contributed by atoms with Gasteiger partial charge in [0, 0.05) is 18.0 Å². The number of halogens is 1. The summed E-state index contributed by atoms with van der Waals surface area (Å²) in [4.78, 5) is 38.2. The number of rotatable bonds is 5. The predicted molar refractivity (Wildman–Crippen MR) is 95.0 cm³/mol. The second-order valence-electron chi connectivity index (χ2n) is 7.03. The predicted octanol–water partition coefficient (Wildman–Crippen LogP) is 2.71. The fraction of sp³-hybridized carbons (Fsp3) is 0.526. The van der Waals surface area contributed by atoms with E-state index in [4.69, 9.17) is 11.6 Å². The van der Waals surface area contributed by atoms with Gasteiger partial charge in [-0.3, -0.25) is 19.3 Å². The van der Waals surface area contributed by atoms with Crippen molar-refractivity contribution in [1.82, 2.24) is 10.2 Å². The first kappa shape index (κ1) is 17.9. The zero-order valence-corrected chi connectivity index (χ0v) is 15.0. The molecule has 0 atom stereocenters. The molecule has 1 saturated heterocycles. The minimum absolute atomic E-state index is 0.151. The number of amides is 3. The maximum absolute atomic E-state index is 12.7. The van der Waals surface area contributed by atoms with Gasteiger partial charge in [-0.15, -0.1) is 0 Å². The lowest BCUT2D eigenvalue weighted by molar-refractivity contribution is -0.145. The first-order valence-electron chi connectivity index (χ1n) is 8.86. The van der Waals surface area contributed by atoms with Crippen molar-refractivity contribution in [3.05, 3.63) is 34.9 Å². The maximum atomic E-state index is 12.7. The highest BCUT2D eigenvalue weighted by Gasteiger charge is 2.51. The standard InChI is InChI=1S/C19H23ClN2O3/c20-15-6-4-5-14(11-15)7-10-21-16(23)13-22-17(24)12-19(18(22)25)8-2-1-3-9-19/h4-6,11H,1-3,7-10,12-13H2,(H,21,23). The normalized spacial score (nSPS) is 19.5. The average Bonchev–Trinajstić information content (AvgIpc) is 2.80. The number of nitrogens with zero attached hydrogens (tertiary/aromatic N) is 1. The lowest BCUT2D eigenvalue weighted by atomic mass is 9.73. The van der Waals surface area contributed by atoms with Gasteiger partial charge in [0.1, 0.15) is 6.54 Å². The molecular weight excluding hydrogens is 340 g/mol. The van der Waals surface area contributed by atoms with E-state index in [9.17, 15) is 14.4 Å². The Kier molecular flexibility index (Phi) is 5.42. The zero-order chi connectivity index (χ0) is 17.9. The summed E-state index contributed by atoms with van der Waals surface area (Å²) < 4.78 is 0. The van der Waals surface area contributed by atoms with Crippen LogP contribution in [0.25, 0.3) is 0 Å². The molecule has 0 unspecified atom stereocenters. The maximum Gasteiger partial charge on any atom is 0.240 e. The van der Waals surface area contributed by atoms with Crippen molar-refractivity contribution in [2.24, 2.45) is 5.41 Å². The van der Waals surface area contributed by atoms with Crippen LogP contribution in [0.1, 0.15) is 44.1 Å². The van der Waals surface area contributed by atoms with E-state index < -0.39 is 5.41 Å². The van der Waals surface area contributed by atoms with Gasteiger partial charge in [0.25, 0.3) is 0 Å². The third-order valence-corrected chi connectivity index (χ3v) is 5.46. The second kappa shape index (κ2) is 7.56. The molecule has 2 fully saturated rings. The molecule has 5 nitrogen and oxygen atoms in total. The molecule has 3 rings (SSSR count). The van der Waals surface area contributed by atoms with E-state index in [2.05, 4.69) is 5.32 Å². The molecule has 0 bridgehead atoms. The number of hydrogen-bond acceptors (Lipinski definition) is 3. The number of carbonyl (C=O) groups is 3. The highest BCUT2D eigenvalue weighted by Crippen LogP contribution is 2.45. The van der Waals surface area contributed by atoms with Crippen molar-refractivity contribution >= 4 is 29.3 Å². The molecule has 1 aromatic rings. The molecule has 1 aromatic carbocycles.